The zero-order chi connectivity index (χ0) is 19.4. The zero-order valence-electron chi connectivity index (χ0n) is 15.5. The number of ether oxygens (including phenoxy) is 2. The first kappa shape index (κ1) is 19.2. The Bertz CT molecular complexity index is 1030. The van der Waals surface area contributed by atoms with Crippen LogP contribution in [0.25, 0.3) is 11.0 Å². The number of para-hydroxylation sites is 2. The van der Waals surface area contributed by atoms with Crippen LogP contribution in [0.4, 0.5) is 0 Å². The maximum Gasteiger partial charge on any atom is 0.213 e. The molecule has 7 nitrogen and oxygen atoms in total. The van der Waals surface area contributed by atoms with Gasteiger partial charge in [-0.1, -0.05) is 12.1 Å². The summed E-state index contributed by atoms with van der Waals surface area (Å²) in [6.45, 7) is 2.10. The predicted molar refractivity (Wildman–Crippen MR) is 105 cm³/mol. The van der Waals surface area contributed by atoms with Crippen molar-refractivity contribution in [2.45, 2.75) is 19.5 Å². The Balaban J connectivity index is 1.72. The Morgan fingerprint density at radius 3 is 2.67 bits per heavy atom. The molecule has 0 saturated carbocycles. The van der Waals surface area contributed by atoms with Crippen molar-refractivity contribution in [1.82, 2.24) is 14.3 Å². The van der Waals surface area contributed by atoms with Gasteiger partial charge in [0.05, 0.1) is 37.3 Å². The molecule has 3 aromatic rings. The first-order chi connectivity index (χ1) is 12.9. The molecule has 1 atom stereocenters. The Kier molecular flexibility index (Phi) is 5.67. The first-order valence-electron chi connectivity index (χ1n) is 8.55. The number of methoxy groups -OCH3 is 2. The fraction of sp³-hybridized carbons (Fsp3) is 0.316. The molecule has 1 N–H and O–H groups in total. The van der Waals surface area contributed by atoms with Crippen LogP contribution in [0, 0.1) is 0 Å². The van der Waals surface area contributed by atoms with Gasteiger partial charge in [-0.15, -0.1) is 0 Å². The third-order valence-electron chi connectivity index (χ3n) is 4.39. The van der Waals surface area contributed by atoms with E-state index in [2.05, 4.69) is 9.71 Å². The van der Waals surface area contributed by atoms with Crippen LogP contribution in [-0.4, -0.2) is 37.9 Å². The van der Waals surface area contributed by atoms with E-state index in [1.54, 1.807) is 45.7 Å². The third kappa shape index (κ3) is 4.40. The summed E-state index contributed by atoms with van der Waals surface area (Å²) < 4.78 is 40.3. The molecule has 0 saturated heterocycles. The summed E-state index contributed by atoms with van der Waals surface area (Å²) in [6, 6.07) is 12.5. The number of fused-ring (bicyclic) bond motifs is 1. The van der Waals surface area contributed by atoms with Crippen LogP contribution in [0.3, 0.4) is 0 Å². The number of benzene rings is 2. The van der Waals surface area contributed by atoms with Crippen LogP contribution in [-0.2, 0) is 16.6 Å². The summed E-state index contributed by atoms with van der Waals surface area (Å²) in [5, 5.41) is 0. The van der Waals surface area contributed by atoms with Crippen molar-refractivity contribution in [3.8, 4) is 11.5 Å². The van der Waals surface area contributed by atoms with E-state index in [4.69, 9.17) is 9.47 Å². The molecule has 0 bridgehead atoms. The van der Waals surface area contributed by atoms with Crippen molar-refractivity contribution in [2.24, 2.45) is 0 Å². The van der Waals surface area contributed by atoms with Crippen molar-refractivity contribution in [1.29, 1.82) is 0 Å². The average Bonchev–Trinajstić information content (AvgIpc) is 3.09. The third-order valence-corrected chi connectivity index (χ3v) is 5.82. The second-order valence-corrected chi connectivity index (χ2v) is 8.07. The molecule has 0 aliphatic carbocycles. The number of hydrogen-bond acceptors (Lipinski definition) is 5. The largest absolute Gasteiger partial charge is 0.497 e. The summed E-state index contributed by atoms with van der Waals surface area (Å²) in [5.41, 5.74) is 2.47. The van der Waals surface area contributed by atoms with Crippen molar-refractivity contribution in [2.75, 3.05) is 20.0 Å². The molecule has 0 spiro atoms. The van der Waals surface area contributed by atoms with Gasteiger partial charge in [0, 0.05) is 18.2 Å². The van der Waals surface area contributed by atoms with Crippen LogP contribution < -0.4 is 14.2 Å². The van der Waals surface area contributed by atoms with Crippen LogP contribution in [0.5, 0.6) is 11.5 Å². The molecular formula is C19H23N3O4S. The first-order valence-corrected chi connectivity index (χ1v) is 10.2. The van der Waals surface area contributed by atoms with E-state index in [1.807, 2.05) is 28.8 Å². The molecule has 0 aliphatic heterocycles. The minimum atomic E-state index is -3.51. The Morgan fingerprint density at radius 2 is 1.93 bits per heavy atom. The SMILES string of the molecule is COc1ccc(OC)c([C@H](C)NS(=O)(=O)CCn2cnc3ccccc32)c1. The van der Waals surface area contributed by atoms with Gasteiger partial charge in [0.15, 0.2) is 0 Å². The minimum Gasteiger partial charge on any atom is -0.497 e. The highest BCUT2D eigenvalue weighted by Crippen LogP contribution is 2.29. The number of sulfonamides is 1. The second kappa shape index (κ2) is 7.98. The number of nitrogens with zero attached hydrogens (tertiary/aromatic N) is 2. The normalized spacial score (nSPS) is 12.9. The van der Waals surface area contributed by atoms with E-state index < -0.39 is 16.1 Å². The number of rotatable bonds is 8. The summed E-state index contributed by atoms with van der Waals surface area (Å²) in [6.07, 6.45) is 1.66. The fourth-order valence-corrected chi connectivity index (χ4v) is 4.20. The molecule has 27 heavy (non-hydrogen) atoms. The van der Waals surface area contributed by atoms with Crippen LogP contribution in [0.2, 0.25) is 0 Å². The van der Waals surface area contributed by atoms with Crippen LogP contribution >= 0.6 is 0 Å². The summed E-state index contributed by atoms with van der Waals surface area (Å²) >= 11 is 0. The number of imidazole rings is 1. The molecule has 1 aromatic heterocycles. The number of aryl methyl sites for hydroxylation is 1. The molecule has 0 aliphatic rings. The van der Waals surface area contributed by atoms with Gasteiger partial charge < -0.3 is 14.0 Å². The van der Waals surface area contributed by atoms with E-state index in [9.17, 15) is 8.42 Å². The predicted octanol–water partition coefficient (Wildman–Crippen LogP) is 2.73. The monoisotopic (exact) mass is 389 g/mol. The van der Waals surface area contributed by atoms with Gasteiger partial charge >= 0.3 is 0 Å². The lowest BCUT2D eigenvalue weighted by Gasteiger charge is -2.18. The topological polar surface area (TPSA) is 82.5 Å². The van der Waals surface area contributed by atoms with Gasteiger partial charge in [0.2, 0.25) is 10.0 Å². The summed E-state index contributed by atoms with van der Waals surface area (Å²) in [4.78, 5) is 4.29. The molecule has 0 radical (unpaired) electrons. The molecule has 144 valence electrons. The van der Waals surface area contributed by atoms with Crippen molar-refractivity contribution < 1.29 is 17.9 Å². The van der Waals surface area contributed by atoms with Gasteiger partial charge in [-0.25, -0.2) is 18.1 Å². The summed E-state index contributed by atoms with van der Waals surface area (Å²) in [7, 11) is -0.396. The smallest absolute Gasteiger partial charge is 0.213 e. The Hall–Kier alpha value is -2.58. The molecule has 0 fully saturated rings. The molecule has 3 rings (SSSR count). The highest BCUT2D eigenvalue weighted by atomic mass is 32.2. The van der Waals surface area contributed by atoms with Gasteiger partial charge in [-0.2, -0.15) is 0 Å². The van der Waals surface area contributed by atoms with Gasteiger partial charge in [0.25, 0.3) is 0 Å². The molecule has 8 heteroatoms. The van der Waals surface area contributed by atoms with Gasteiger partial charge in [-0.3, -0.25) is 0 Å². The second-order valence-electron chi connectivity index (χ2n) is 6.19. The lowest BCUT2D eigenvalue weighted by Crippen LogP contribution is -2.31. The molecule has 1 heterocycles. The fourth-order valence-electron chi connectivity index (χ4n) is 2.98. The Morgan fingerprint density at radius 1 is 1.15 bits per heavy atom. The average molecular weight is 389 g/mol. The zero-order valence-corrected chi connectivity index (χ0v) is 16.4. The quantitative estimate of drug-likeness (QED) is 0.641. The number of hydrogen-bond donors (Lipinski definition) is 1. The molecule has 0 amide bonds. The maximum absolute atomic E-state index is 12.6. The van der Waals surface area contributed by atoms with E-state index in [-0.39, 0.29) is 5.75 Å². The Labute approximate surface area is 159 Å². The van der Waals surface area contributed by atoms with Crippen molar-refractivity contribution >= 4 is 21.1 Å². The number of nitrogens with one attached hydrogen (secondary N) is 1. The molecule has 2 aromatic carbocycles. The van der Waals surface area contributed by atoms with E-state index in [0.717, 1.165) is 11.0 Å². The van der Waals surface area contributed by atoms with Crippen LogP contribution in [0.15, 0.2) is 48.8 Å². The highest BCUT2D eigenvalue weighted by molar-refractivity contribution is 7.89. The molecule has 0 unspecified atom stereocenters. The van der Waals surface area contributed by atoms with Crippen LogP contribution in [0.1, 0.15) is 18.5 Å². The van der Waals surface area contributed by atoms with E-state index in [0.29, 0.717) is 23.6 Å². The van der Waals surface area contributed by atoms with Gasteiger partial charge in [-0.05, 0) is 37.3 Å². The standard InChI is InChI=1S/C19H23N3O4S/c1-14(16-12-15(25-2)8-9-19(16)26-3)21-27(23,24)11-10-22-13-20-17-6-4-5-7-18(17)22/h4-9,12-14,21H,10-11H2,1-3H3/t14-/m0/s1. The number of aromatic nitrogens is 2. The van der Waals surface area contributed by atoms with Crippen molar-refractivity contribution in [3.05, 3.63) is 54.4 Å². The lowest BCUT2D eigenvalue weighted by molar-refractivity contribution is 0.395. The summed E-state index contributed by atoms with van der Waals surface area (Å²) in [5.74, 6) is 1.19. The highest BCUT2D eigenvalue weighted by Gasteiger charge is 2.19. The minimum absolute atomic E-state index is 0.0516. The molecular weight excluding hydrogens is 366 g/mol. The van der Waals surface area contributed by atoms with E-state index >= 15 is 0 Å². The van der Waals surface area contributed by atoms with E-state index in [1.165, 1.54) is 0 Å². The van der Waals surface area contributed by atoms with Gasteiger partial charge in [0.1, 0.15) is 11.5 Å². The van der Waals surface area contributed by atoms with Crippen molar-refractivity contribution in [3.63, 3.8) is 0 Å². The lowest BCUT2D eigenvalue weighted by atomic mass is 10.1. The maximum atomic E-state index is 12.6.